The van der Waals surface area contributed by atoms with Crippen LogP contribution in [0.3, 0.4) is 0 Å². The Bertz CT molecular complexity index is 893. The first kappa shape index (κ1) is 19.6. The third-order valence-corrected chi connectivity index (χ3v) is 5.83. The first-order chi connectivity index (χ1) is 13.0. The molecule has 0 spiro atoms. The molecule has 0 aliphatic carbocycles. The maximum atomic E-state index is 12.9. The van der Waals surface area contributed by atoms with Gasteiger partial charge in [-0.25, -0.2) is 9.97 Å². The van der Waals surface area contributed by atoms with Crippen molar-refractivity contribution >= 4 is 29.0 Å². The Morgan fingerprint density at radius 3 is 2.74 bits per heavy atom. The van der Waals surface area contributed by atoms with Crippen molar-refractivity contribution < 1.29 is 9.21 Å². The molecule has 3 heterocycles. The lowest BCUT2D eigenvalue weighted by molar-refractivity contribution is 0.0937. The van der Waals surface area contributed by atoms with Crippen molar-refractivity contribution in [3.63, 3.8) is 0 Å². The van der Waals surface area contributed by atoms with Crippen LogP contribution >= 0.6 is 23.1 Å². The molecule has 0 saturated carbocycles. The van der Waals surface area contributed by atoms with E-state index in [0.717, 1.165) is 0 Å². The second-order valence-corrected chi connectivity index (χ2v) is 7.97. The quantitative estimate of drug-likeness (QED) is 0.478. The number of carbonyl (C=O) groups excluding carboxylic acids is 1. The van der Waals surface area contributed by atoms with E-state index in [4.69, 9.17) is 4.42 Å². The monoisotopic (exact) mass is 402 g/mol. The Morgan fingerprint density at radius 2 is 2.15 bits per heavy atom. The van der Waals surface area contributed by atoms with Crippen LogP contribution in [0.5, 0.6) is 0 Å². The number of thiophene rings is 1. The van der Waals surface area contributed by atoms with Crippen molar-refractivity contribution in [2.45, 2.75) is 18.0 Å². The smallest absolute Gasteiger partial charge is 0.255 e. The molecule has 0 aromatic carbocycles. The van der Waals surface area contributed by atoms with E-state index in [1.807, 2.05) is 38.7 Å². The maximum absolute atomic E-state index is 12.9. The van der Waals surface area contributed by atoms with Crippen LogP contribution in [0, 0.1) is 6.92 Å². The summed E-state index contributed by atoms with van der Waals surface area (Å²) in [5.41, 5.74) is 1.15. The number of hydrogen-bond acceptors (Lipinski definition) is 7. The molecule has 0 aliphatic rings. The average molecular weight is 403 g/mol. The molecule has 6 nitrogen and oxygen atoms in total. The van der Waals surface area contributed by atoms with Gasteiger partial charge in [-0.1, -0.05) is 6.07 Å². The van der Waals surface area contributed by atoms with Gasteiger partial charge in [-0.3, -0.25) is 4.79 Å². The third-order valence-electron chi connectivity index (χ3n) is 4.17. The molecule has 1 amide bonds. The number of hydrogen-bond donors (Lipinski definition) is 1. The Balaban J connectivity index is 1.82. The van der Waals surface area contributed by atoms with Crippen molar-refractivity contribution in [3.05, 3.63) is 52.0 Å². The Morgan fingerprint density at radius 1 is 1.33 bits per heavy atom. The summed E-state index contributed by atoms with van der Waals surface area (Å²) in [5, 5.41) is 5.74. The largest absolute Gasteiger partial charge is 0.461 e. The Kier molecular flexibility index (Phi) is 6.30. The summed E-state index contributed by atoms with van der Waals surface area (Å²) in [7, 11) is 4.02. The number of nitrogens with zero attached hydrogens (tertiary/aromatic N) is 3. The highest BCUT2D eigenvalue weighted by atomic mass is 32.2. The highest BCUT2D eigenvalue weighted by Gasteiger charge is 2.22. The van der Waals surface area contributed by atoms with Crippen LogP contribution in [0.2, 0.25) is 0 Å². The van der Waals surface area contributed by atoms with Gasteiger partial charge in [0.25, 0.3) is 5.91 Å². The fourth-order valence-corrected chi connectivity index (χ4v) is 4.31. The number of aromatic nitrogens is 2. The minimum atomic E-state index is -0.161. The standard InChI is InChI=1S/C19H22N4O2S2/c1-12-16(19(26-4)22-17(21-12)14-7-5-9-25-14)18(24)20-11-13(23(2)3)15-8-6-10-27-15/h5-10,13H,11H2,1-4H3,(H,20,24). The number of carbonyl (C=O) groups is 1. The first-order valence-electron chi connectivity index (χ1n) is 8.45. The summed E-state index contributed by atoms with van der Waals surface area (Å²) in [5.74, 6) is 0.917. The van der Waals surface area contributed by atoms with Crippen LogP contribution in [0.1, 0.15) is 27.0 Å². The summed E-state index contributed by atoms with van der Waals surface area (Å²) in [6.07, 6.45) is 3.48. The van der Waals surface area contributed by atoms with Gasteiger partial charge < -0.3 is 14.6 Å². The van der Waals surface area contributed by atoms with Gasteiger partial charge in [-0.2, -0.15) is 0 Å². The summed E-state index contributed by atoms with van der Waals surface area (Å²) in [6.45, 7) is 2.34. The number of nitrogens with one attached hydrogen (secondary N) is 1. The summed E-state index contributed by atoms with van der Waals surface area (Å²) in [6, 6.07) is 7.83. The van der Waals surface area contributed by atoms with Gasteiger partial charge in [0.05, 0.1) is 23.6 Å². The van der Waals surface area contributed by atoms with Crippen LogP contribution in [-0.2, 0) is 0 Å². The number of rotatable bonds is 7. The lowest BCUT2D eigenvalue weighted by Gasteiger charge is -2.24. The van der Waals surface area contributed by atoms with Crippen molar-refractivity contribution in [3.8, 4) is 11.6 Å². The zero-order valence-corrected chi connectivity index (χ0v) is 17.4. The molecule has 0 saturated heterocycles. The Labute approximate surface area is 167 Å². The minimum absolute atomic E-state index is 0.121. The second-order valence-electron chi connectivity index (χ2n) is 6.20. The molecule has 1 atom stereocenters. The third kappa shape index (κ3) is 4.40. The minimum Gasteiger partial charge on any atom is -0.461 e. The highest BCUT2D eigenvalue weighted by molar-refractivity contribution is 7.98. The van der Waals surface area contributed by atoms with Crippen LogP contribution in [0.25, 0.3) is 11.6 Å². The summed E-state index contributed by atoms with van der Waals surface area (Å²) < 4.78 is 5.38. The molecule has 1 N–H and O–H groups in total. The van der Waals surface area contributed by atoms with Gasteiger partial charge in [0.1, 0.15) is 5.03 Å². The van der Waals surface area contributed by atoms with Crippen molar-refractivity contribution in [1.29, 1.82) is 0 Å². The molecule has 0 aliphatic heterocycles. The van der Waals surface area contributed by atoms with E-state index in [-0.39, 0.29) is 11.9 Å². The second kappa shape index (κ2) is 8.69. The summed E-state index contributed by atoms with van der Waals surface area (Å²) >= 11 is 3.11. The van der Waals surface area contributed by atoms with Crippen molar-refractivity contribution in [1.82, 2.24) is 20.2 Å². The lowest BCUT2D eigenvalue weighted by atomic mass is 10.2. The van der Waals surface area contributed by atoms with Gasteiger partial charge >= 0.3 is 0 Å². The van der Waals surface area contributed by atoms with Crippen LogP contribution in [-0.4, -0.2) is 47.7 Å². The predicted molar refractivity (Wildman–Crippen MR) is 109 cm³/mol. The van der Waals surface area contributed by atoms with Crippen LogP contribution < -0.4 is 5.32 Å². The van der Waals surface area contributed by atoms with E-state index >= 15 is 0 Å². The zero-order chi connectivity index (χ0) is 19.4. The molecule has 0 bridgehead atoms. The van der Waals surface area contributed by atoms with E-state index < -0.39 is 0 Å². The van der Waals surface area contributed by atoms with E-state index in [1.54, 1.807) is 29.7 Å². The Hall–Kier alpha value is -2.16. The van der Waals surface area contributed by atoms with Crippen molar-refractivity contribution in [2.75, 3.05) is 26.9 Å². The van der Waals surface area contributed by atoms with Gasteiger partial charge in [-0.05, 0) is 50.9 Å². The number of amides is 1. The number of thioether (sulfide) groups is 1. The normalized spacial score (nSPS) is 12.3. The van der Waals surface area contributed by atoms with E-state index in [2.05, 4.69) is 26.3 Å². The molecule has 0 fully saturated rings. The van der Waals surface area contributed by atoms with Crippen molar-refractivity contribution in [2.24, 2.45) is 0 Å². The topological polar surface area (TPSA) is 71.3 Å². The number of aryl methyl sites for hydroxylation is 1. The molecular formula is C19H22N4O2S2. The molecular weight excluding hydrogens is 380 g/mol. The summed E-state index contributed by atoms with van der Waals surface area (Å²) in [4.78, 5) is 25.2. The average Bonchev–Trinajstić information content (AvgIpc) is 3.34. The first-order valence-corrected chi connectivity index (χ1v) is 10.6. The molecule has 3 aromatic heterocycles. The fourth-order valence-electron chi connectivity index (χ4n) is 2.77. The molecule has 3 rings (SSSR count). The fraction of sp³-hybridized carbons (Fsp3) is 0.316. The maximum Gasteiger partial charge on any atom is 0.255 e. The molecule has 8 heteroatoms. The van der Waals surface area contributed by atoms with Crippen LogP contribution in [0.15, 0.2) is 45.4 Å². The number of furan rings is 1. The van der Waals surface area contributed by atoms with E-state index in [9.17, 15) is 4.79 Å². The van der Waals surface area contributed by atoms with E-state index in [0.29, 0.717) is 34.4 Å². The molecule has 3 aromatic rings. The molecule has 27 heavy (non-hydrogen) atoms. The van der Waals surface area contributed by atoms with Gasteiger partial charge in [0, 0.05) is 11.4 Å². The lowest BCUT2D eigenvalue weighted by Crippen LogP contribution is -2.35. The van der Waals surface area contributed by atoms with Gasteiger partial charge in [0.15, 0.2) is 11.6 Å². The molecule has 0 radical (unpaired) electrons. The predicted octanol–water partition coefficient (Wildman–Crippen LogP) is 3.86. The van der Waals surface area contributed by atoms with Gasteiger partial charge in [-0.15, -0.1) is 23.1 Å². The zero-order valence-electron chi connectivity index (χ0n) is 15.7. The highest BCUT2D eigenvalue weighted by Crippen LogP contribution is 2.26. The molecule has 142 valence electrons. The molecule has 1 unspecified atom stereocenters. The van der Waals surface area contributed by atoms with E-state index in [1.165, 1.54) is 16.6 Å². The SMILES string of the molecule is CSc1nc(-c2ccco2)nc(C)c1C(=O)NCC(c1cccs1)N(C)C. The number of likely N-dealkylation sites (N-methyl/N-ethyl adjacent to an activating group) is 1. The van der Waals surface area contributed by atoms with Crippen LogP contribution in [0.4, 0.5) is 0 Å². The van der Waals surface area contributed by atoms with Gasteiger partial charge in [0.2, 0.25) is 0 Å².